The average Bonchev–Trinajstić information content (AvgIpc) is 2.63. The number of carbonyl (C=O) groups is 1. The van der Waals surface area contributed by atoms with Crippen molar-refractivity contribution in [3.05, 3.63) is 46.8 Å². The molecule has 0 aliphatic heterocycles. The number of hydrogen-bond donors (Lipinski definition) is 1. The molecule has 0 spiro atoms. The second kappa shape index (κ2) is 5.49. The highest BCUT2D eigenvalue weighted by Gasteiger charge is 2.17. The Labute approximate surface area is 119 Å². The van der Waals surface area contributed by atoms with Gasteiger partial charge in [0.1, 0.15) is 0 Å². The molecule has 0 fully saturated rings. The van der Waals surface area contributed by atoms with Gasteiger partial charge in [-0.15, -0.1) is 0 Å². The molecule has 2 aromatic rings. The number of aryl methyl sites for hydroxylation is 2. The zero-order valence-electron chi connectivity index (χ0n) is 12.7. The lowest BCUT2D eigenvalue weighted by Crippen LogP contribution is -2.14. The quantitative estimate of drug-likeness (QED) is 0.930. The van der Waals surface area contributed by atoms with Crippen LogP contribution in [0.15, 0.2) is 24.3 Å². The van der Waals surface area contributed by atoms with E-state index in [-0.39, 0.29) is 5.91 Å². The third kappa shape index (κ3) is 2.74. The molecule has 2 rings (SSSR count). The molecule has 1 N–H and O–H groups in total. The van der Waals surface area contributed by atoms with E-state index >= 15 is 0 Å². The van der Waals surface area contributed by atoms with Crippen LogP contribution in [-0.4, -0.2) is 15.7 Å². The maximum atomic E-state index is 12.3. The summed E-state index contributed by atoms with van der Waals surface area (Å²) in [5.41, 5.74) is 4.35. The van der Waals surface area contributed by atoms with Crippen molar-refractivity contribution in [3.63, 3.8) is 0 Å². The monoisotopic (exact) mass is 271 g/mol. The summed E-state index contributed by atoms with van der Waals surface area (Å²) < 4.78 is 1.73. The summed E-state index contributed by atoms with van der Waals surface area (Å²) in [5, 5.41) is 7.19. The summed E-state index contributed by atoms with van der Waals surface area (Å²) in [6.07, 6.45) is 0. The molecule has 0 unspecified atom stereocenters. The molecule has 1 amide bonds. The van der Waals surface area contributed by atoms with Crippen LogP contribution in [0.5, 0.6) is 0 Å². The number of hydrogen-bond acceptors (Lipinski definition) is 2. The maximum Gasteiger partial charge on any atom is 0.259 e. The van der Waals surface area contributed by atoms with Crippen LogP contribution in [0.25, 0.3) is 0 Å². The van der Waals surface area contributed by atoms with E-state index in [9.17, 15) is 4.79 Å². The Morgan fingerprint density at radius 3 is 2.25 bits per heavy atom. The van der Waals surface area contributed by atoms with Gasteiger partial charge in [0.2, 0.25) is 0 Å². The minimum atomic E-state index is -0.106. The van der Waals surface area contributed by atoms with Crippen LogP contribution in [0.1, 0.15) is 47.1 Å². The van der Waals surface area contributed by atoms with Gasteiger partial charge in [-0.3, -0.25) is 9.48 Å². The van der Waals surface area contributed by atoms with Crippen LogP contribution in [0, 0.1) is 13.8 Å². The Bertz CT molecular complexity index is 624. The lowest BCUT2D eigenvalue weighted by molar-refractivity contribution is 0.102. The standard InChI is InChI=1S/C16H21N3O/c1-10(2)13-6-8-14(9-7-13)17-16(20)15-11(3)18-19(5)12(15)4/h6-10H,1-5H3,(H,17,20). The van der Waals surface area contributed by atoms with Gasteiger partial charge in [-0.1, -0.05) is 26.0 Å². The predicted molar refractivity (Wildman–Crippen MR) is 81.2 cm³/mol. The summed E-state index contributed by atoms with van der Waals surface area (Å²) in [7, 11) is 1.84. The van der Waals surface area contributed by atoms with Gasteiger partial charge in [0, 0.05) is 18.4 Å². The molecule has 20 heavy (non-hydrogen) atoms. The smallest absolute Gasteiger partial charge is 0.259 e. The number of anilines is 1. The third-order valence-corrected chi connectivity index (χ3v) is 3.57. The van der Waals surface area contributed by atoms with Crippen molar-refractivity contribution in [1.82, 2.24) is 9.78 Å². The summed E-state index contributed by atoms with van der Waals surface area (Å²) in [5.74, 6) is 0.382. The molecule has 0 aliphatic carbocycles. The maximum absolute atomic E-state index is 12.3. The van der Waals surface area contributed by atoms with E-state index in [2.05, 4.69) is 24.3 Å². The fraction of sp³-hybridized carbons (Fsp3) is 0.375. The number of rotatable bonds is 3. The van der Waals surface area contributed by atoms with Gasteiger partial charge in [-0.2, -0.15) is 5.10 Å². The largest absolute Gasteiger partial charge is 0.322 e. The first kappa shape index (κ1) is 14.3. The molecule has 0 radical (unpaired) electrons. The number of nitrogens with zero attached hydrogens (tertiary/aromatic N) is 2. The SMILES string of the molecule is Cc1nn(C)c(C)c1C(=O)Nc1ccc(C(C)C)cc1. The number of amides is 1. The van der Waals surface area contributed by atoms with Crippen molar-refractivity contribution >= 4 is 11.6 Å². The van der Waals surface area contributed by atoms with E-state index in [1.165, 1.54) is 5.56 Å². The zero-order chi connectivity index (χ0) is 14.9. The van der Waals surface area contributed by atoms with Crippen molar-refractivity contribution in [2.75, 3.05) is 5.32 Å². The lowest BCUT2D eigenvalue weighted by Gasteiger charge is -2.08. The topological polar surface area (TPSA) is 46.9 Å². The van der Waals surface area contributed by atoms with Gasteiger partial charge in [-0.05, 0) is 37.5 Å². The molecule has 1 aromatic heterocycles. The molecule has 4 heteroatoms. The number of aromatic nitrogens is 2. The molecule has 106 valence electrons. The zero-order valence-corrected chi connectivity index (χ0v) is 12.7. The first-order valence-electron chi connectivity index (χ1n) is 6.81. The Morgan fingerprint density at radius 2 is 1.80 bits per heavy atom. The van der Waals surface area contributed by atoms with E-state index < -0.39 is 0 Å². The Morgan fingerprint density at radius 1 is 1.20 bits per heavy atom. The van der Waals surface area contributed by atoms with Gasteiger partial charge < -0.3 is 5.32 Å². The van der Waals surface area contributed by atoms with Gasteiger partial charge >= 0.3 is 0 Å². The fourth-order valence-corrected chi connectivity index (χ4v) is 2.25. The highest BCUT2D eigenvalue weighted by atomic mass is 16.1. The molecule has 4 nitrogen and oxygen atoms in total. The molecule has 0 aliphatic rings. The molecule has 1 heterocycles. The number of nitrogens with one attached hydrogen (secondary N) is 1. The highest BCUT2D eigenvalue weighted by molar-refractivity contribution is 6.05. The highest BCUT2D eigenvalue weighted by Crippen LogP contribution is 2.19. The molecule has 0 saturated carbocycles. The van der Waals surface area contributed by atoms with Gasteiger partial charge in [0.15, 0.2) is 0 Å². The van der Waals surface area contributed by atoms with E-state index in [1.807, 2.05) is 45.2 Å². The predicted octanol–water partition coefficient (Wildman–Crippen LogP) is 3.41. The van der Waals surface area contributed by atoms with Crippen LogP contribution >= 0.6 is 0 Å². The summed E-state index contributed by atoms with van der Waals surface area (Å²) >= 11 is 0. The molecule has 0 saturated heterocycles. The lowest BCUT2D eigenvalue weighted by atomic mass is 10.0. The summed E-state index contributed by atoms with van der Waals surface area (Å²) in [6, 6.07) is 7.97. The van der Waals surface area contributed by atoms with Gasteiger partial charge in [-0.25, -0.2) is 0 Å². The van der Waals surface area contributed by atoms with E-state index in [4.69, 9.17) is 0 Å². The van der Waals surface area contributed by atoms with Crippen LogP contribution in [0.4, 0.5) is 5.69 Å². The minimum absolute atomic E-state index is 0.106. The van der Waals surface area contributed by atoms with Crippen molar-refractivity contribution in [1.29, 1.82) is 0 Å². The summed E-state index contributed by atoms with van der Waals surface area (Å²) in [4.78, 5) is 12.3. The first-order valence-corrected chi connectivity index (χ1v) is 6.81. The van der Waals surface area contributed by atoms with Crippen molar-refractivity contribution in [3.8, 4) is 0 Å². The fourth-order valence-electron chi connectivity index (χ4n) is 2.25. The second-order valence-corrected chi connectivity index (χ2v) is 5.40. The molecule has 0 atom stereocenters. The second-order valence-electron chi connectivity index (χ2n) is 5.40. The normalized spacial score (nSPS) is 10.9. The van der Waals surface area contributed by atoms with Crippen molar-refractivity contribution in [2.45, 2.75) is 33.6 Å². The van der Waals surface area contributed by atoms with Crippen LogP contribution in [0.3, 0.4) is 0 Å². The minimum Gasteiger partial charge on any atom is -0.322 e. The molecular weight excluding hydrogens is 250 g/mol. The van der Waals surface area contributed by atoms with Crippen molar-refractivity contribution in [2.24, 2.45) is 7.05 Å². The Balaban J connectivity index is 2.19. The van der Waals surface area contributed by atoms with Crippen LogP contribution in [0.2, 0.25) is 0 Å². The third-order valence-electron chi connectivity index (χ3n) is 3.57. The molecule has 1 aromatic carbocycles. The van der Waals surface area contributed by atoms with Crippen molar-refractivity contribution < 1.29 is 4.79 Å². The first-order chi connectivity index (χ1) is 9.40. The van der Waals surface area contributed by atoms with E-state index in [1.54, 1.807) is 4.68 Å². The van der Waals surface area contributed by atoms with Crippen LogP contribution in [-0.2, 0) is 7.05 Å². The summed E-state index contributed by atoms with van der Waals surface area (Å²) in [6.45, 7) is 8.05. The Hall–Kier alpha value is -2.10. The Kier molecular flexibility index (Phi) is 3.93. The van der Waals surface area contributed by atoms with E-state index in [0.29, 0.717) is 11.5 Å². The average molecular weight is 271 g/mol. The van der Waals surface area contributed by atoms with Gasteiger partial charge in [0.05, 0.1) is 11.3 Å². The molecule has 0 bridgehead atoms. The number of benzene rings is 1. The molecular formula is C16H21N3O. The van der Waals surface area contributed by atoms with Crippen LogP contribution < -0.4 is 5.32 Å². The van der Waals surface area contributed by atoms with E-state index in [0.717, 1.165) is 17.1 Å². The number of carbonyl (C=O) groups excluding carboxylic acids is 1. The van der Waals surface area contributed by atoms with Gasteiger partial charge in [0.25, 0.3) is 5.91 Å².